The van der Waals surface area contributed by atoms with E-state index in [1.54, 1.807) is 12.4 Å². The van der Waals surface area contributed by atoms with Crippen LogP contribution < -0.4 is 9.79 Å². The Balaban J connectivity index is 1.60. The zero-order valence-corrected chi connectivity index (χ0v) is 16.8. The van der Waals surface area contributed by atoms with E-state index in [9.17, 15) is 14.4 Å². The molecule has 0 radical (unpaired) electrons. The summed E-state index contributed by atoms with van der Waals surface area (Å²) in [7, 11) is 0. The molecule has 164 valence electrons. The van der Waals surface area contributed by atoms with Crippen LogP contribution in [0.15, 0.2) is 42.7 Å². The van der Waals surface area contributed by atoms with E-state index in [2.05, 4.69) is 19.7 Å². The number of hydrogen-bond acceptors (Lipinski definition) is 8. The second-order valence-electron chi connectivity index (χ2n) is 7.02. The number of benzene rings is 1. The average molecular weight is 429 g/mol. The average Bonchev–Trinajstić information content (AvgIpc) is 2.75. The Hall–Kier alpha value is -3.50. The standard InChI is InChI=1S/C21H23N3O7/c25-18(13-23-7-9-24(10-8-23)17-3-5-22-6-4-17)15-1-2-19(31-30-14-21(28)29)16(11-15)12-20(26)27/h1-6,11H,7-10,12-14H2,(H,26,27)(H,28,29). The molecule has 10 heteroatoms. The first-order valence-corrected chi connectivity index (χ1v) is 9.69. The van der Waals surface area contributed by atoms with Gasteiger partial charge in [0, 0.05) is 55.4 Å². The lowest BCUT2D eigenvalue weighted by Gasteiger charge is -2.35. The minimum absolute atomic E-state index is 0.0613. The Bertz CT molecular complexity index is 928. The molecule has 1 aliphatic heterocycles. The van der Waals surface area contributed by atoms with Gasteiger partial charge >= 0.3 is 11.9 Å². The monoisotopic (exact) mass is 429 g/mol. The van der Waals surface area contributed by atoms with Crippen molar-refractivity contribution in [2.75, 3.05) is 44.2 Å². The van der Waals surface area contributed by atoms with Gasteiger partial charge in [0.2, 0.25) is 0 Å². The molecule has 0 bridgehead atoms. The molecule has 0 atom stereocenters. The lowest BCUT2D eigenvalue weighted by atomic mass is 10.0. The normalized spacial score (nSPS) is 14.3. The van der Waals surface area contributed by atoms with Crippen LogP contribution in [0.3, 0.4) is 0 Å². The van der Waals surface area contributed by atoms with Gasteiger partial charge in [-0.3, -0.25) is 19.5 Å². The number of carboxylic acids is 2. The van der Waals surface area contributed by atoms with Crippen LogP contribution in [0.25, 0.3) is 0 Å². The van der Waals surface area contributed by atoms with Gasteiger partial charge in [0.05, 0.1) is 13.0 Å². The largest absolute Gasteiger partial charge is 0.481 e. The number of rotatable bonds is 10. The molecule has 1 aliphatic rings. The molecular weight excluding hydrogens is 406 g/mol. The minimum atomic E-state index is -1.23. The van der Waals surface area contributed by atoms with E-state index in [0.717, 1.165) is 31.9 Å². The van der Waals surface area contributed by atoms with Crippen LogP contribution in [0.5, 0.6) is 5.75 Å². The summed E-state index contributed by atoms with van der Waals surface area (Å²) in [6, 6.07) is 8.28. The number of ketones is 1. The van der Waals surface area contributed by atoms with Crippen LogP contribution in [-0.4, -0.2) is 77.1 Å². The van der Waals surface area contributed by atoms with Crippen LogP contribution in [0, 0.1) is 0 Å². The van der Waals surface area contributed by atoms with E-state index >= 15 is 0 Å². The molecule has 0 spiro atoms. The topological polar surface area (TPSA) is 130 Å². The summed E-state index contributed by atoms with van der Waals surface area (Å²) in [6.45, 7) is 2.54. The van der Waals surface area contributed by atoms with Crippen LogP contribution in [0.2, 0.25) is 0 Å². The molecular formula is C21H23N3O7. The van der Waals surface area contributed by atoms with Crippen molar-refractivity contribution in [3.8, 4) is 5.75 Å². The number of carboxylic acid groups (broad SMARTS) is 2. The minimum Gasteiger partial charge on any atom is -0.481 e. The van der Waals surface area contributed by atoms with E-state index in [-0.39, 0.29) is 23.6 Å². The molecule has 1 saturated heterocycles. The van der Waals surface area contributed by atoms with Crippen molar-refractivity contribution < 1.29 is 34.4 Å². The number of Topliss-reactive ketones (excluding diaryl/α,β-unsaturated/α-hetero) is 1. The number of carbonyl (C=O) groups is 3. The molecule has 10 nitrogen and oxygen atoms in total. The second-order valence-corrected chi connectivity index (χ2v) is 7.02. The van der Waals surface area contributed by atoms with Gasteiger partial charge in [-0.2, -0.15) is 4.89 Å². The SMILES string of the molecule is O=C(O)COOc1ccc(C(=O)CN2CCN(c3ccncc3)CC2)cc1CC(=O)O. The van der Waals surface area contributed by atoms with Gasteiger partial charge in [-0.25, -0.2) is 4.79 Å². The fraction of sp³-hybridized carbons (Fsp3) is 0.333. The Morgan fingerprint density at radius 1 is 0.968 bits per heavy atom. The van der Waals surface area contributed by atoms with Crippen LogP contribution in [0.1, 0.15) is 15.9 Å². The Labute approximate surface area is 178 Å². The highest BCUT2D eigenvalue weighted by molar-refractivity contribution is 5.98. The summed E-state index contributed by atoms with van der Waals surface area (Å²) < 4.78 is 0. The fourth-order valence-electron chi connectivity index (χ4n) is 3.29. The van der Waals surface area contributed by atoms with Crippen LogP contribution in [-0.2, 0) is 20.9 Å². The van der Waals surface area contributed by atoms with E-state index in [4.69, 9.17) is 15.1 Å². The van der Waals surface area contributed by atoms with Gasteiger partial charge in [-0.05, 0) is 30.3 Å². The summed E-state index contributed by atoms with van der Waals surface area (Å²) in [4.78, 5) is 52.2. The van der Waals surface area contributed by atoms with E-state index in [1.807, 2.05) is 12.1 Å². The summed E-state index contributed by atoms with van der Waals surface area (Å²) in [5, 5.41) is 17.7. The molecule has 0 aliphatic carbocycles. The number of anilines is 1. The second kappa shape index (κ2) is 10.5. The van der Waals surface area contributed by atoms with Crippen molar-refractivity contribution >= 4 is 23.4 Å². The van der Waals surface area contributed by atoms with Gasteiger partial charge in [0.1, 0.15) is 0 Å². The maximum Gasteiger partial charge on any atom is 0.334 e. The lowest BCUT2D eigenvalue weighted by Crippen LogP contribution is -2.48. The maximum absolute atomic E-state index is 12.8. The first-order chi connectivity index (χ1) is 14.9. The highest BCUT2D eigenvalue weighted by atomic mass is 17.2. The summed E-state index contributed by atoms with van der Waals surface area (Å²) in [6.07, 6.45) is 3.11. The smallest absolute Gasteiger partial charge is 0.334 e. The van der Waals surface area contributed by atoms with Crippen molar-refractivity contribution in [3.05, 3.63) is 53.9 Å². The van der Waals surface area contributed by atoms with Crippen molar-refractivity contribution in [3.63, 3.8) is 0 Å². The third kappa shape index (κ3) is 6.49. The molecule has 31 heavy (non-hydrogen) atoms. The number of carbonyl (C=O) groups excluding carboxylic acids is 1. The van der Waals surface area contributed by atoms with E-state index < -0.39 is 25.0 Å². The number of piperazine rings is 1. The number of hydrogen-bond donors (Lipinski definition) is 2. The highest BCUT2D eigenvalue weighted by Crippen LogP contribution is 2.22. The molecule has 0 amide bonds. The van der Waals surface area contributed by atoms with E-state index in [1.165, 1.54) is 18.2 Å². The predicted octanol–water partition coefficient (Wildman–Crippen LogP) is 1.11. The third-order valence-corrected chi connectivity index (χ3v) is 4.82. The Kier molecular flexibility index (Phi) is 7.52. The third-order valence-electron chi connectivity index (χ3n) is 4.82. The van der Waals surface area contributed by atoms with Gasteiger partial charge in [-0.1, -0.05) is 0 Å². The molecule has 1 fully saturated rings. The van der Waals surface area contributed by atoms with Gasteiger partial charge in [0.15, 0.2) is 18.1 Å². The first-order valence-electron chi connectivity index (χ1n) is 9.69. The summed E-state index contributed by atoms with van der Waals surface area (Å²) in [5.41, 5.74) is 1.68. The lowest BCUT2D eigenvalue weighted by molar-refractivity contribution is -0.214. The first kappa shape index (κ1) is 22.2. The summed E-state index contributed by atoms with van der Waals surface area (Å²) in [5.74, 6) is -2.41. The molecule has 1 aromatic carbocycles. The number of aromatic nitrogens is 1. The molecule has 1 aromatic heterocycles. The predicted molar refractivity (Wildman–Crippen MR) is 109 cm³/mol. The fourth-order valence-corrected chi connectivity index (χ4v) is 3.29. The molecule has 0 unspecified atom stereocenters. The quantitative estimate of drug-likeness (QED) is 0.322. The molecule has 2 N–H and O–H groups in total. The van der Waals surface area contributed by atoms with Crippen molar-refractivity contribution in [2.45, 2.75) is 6.42 Å². The number of aliphatic carboxylic acids is 2. The Morgan fingerprint density at radius 2 is 1.68 bits per heavy atom. The van der Waals surface area contributed by atoms with Crippen LogP contribution in [0.4, 0.5) is 5.69 Å². The molecule has 2 heterocycles. The van der Waals surface area contributed by atoms with E-state index in [0.29, 0.717) is 5.56 Å². The molecule has 3 rings (SSSR count). The van der Waals surface area contributed by atoms with Crippen molar-refractivity contribution in [2.24, 2.45) is 0 Å². The number of pyridine rings is 1. The molecule has 0 saturated carbocycles. The van der Waals surface area contributed by atoms with Gasteiger partial charge in [-0.15, -0.1) is 0 Å². The van der Waals surface area contributed by atoms with Crippen molar-refractivity contribution in [1.82, 2.24) is 9.88 Å². The Morgan fingerprint density at radius 3 is 2.32 bits per heavy atom. The molecule has 2 aromatic rings. The van der Waals surface area contributed by atoms with Gasteiger partial charge < -0.3 is 20.0 Å². The maximum atomic E-state index is 12.8. The zero-order chi connectivity index (χ0) is 22.2. The summed E-state index contributed by atoms with van der Waals surface area (Å²) >= 11 is 0. The highest BCUT2D eigenvalue weighted by Gasteiger charge is 2.21. The van der Waals surface area contributed by atoms with Gasteiger partial charge in [0.25, 0.3) is 0 Å². The van der Waals surface area contributed by atoms with Crippen LogP contribution >= 0.6 is 0 Å². The number of nitrogens with zero attached hydrogens (tertiary/aromatic N) is 3. The van der Waals surface area contributed by atoms with Crippen molar-refractivity contribution in [1.29, 1.82) is 0 Å². The zero-order valence-electron chi connectivity index (χ0n) is 16.8.